The van der Waals surface area contributed by atoms with E-state index in [4.69, 9.17) is 16.3 Å². The average molecular weight is 339 g/mol. The number of nitrogens with zero attached hydrogens (tertiary/aromatic N) is 1. The summed E-state index contributed by atoms with van der Waals surface area (Å²) in [4.78, 5) is 15.1. The van der Waals surface area contributed by atoms with Gasteiger partial charge in [-0.3, -0.25) is 9.69 Å². The first kappa shape index (κ1) is 16.8. The number of benzene rings is 1. The van der Waals surface area contributed by atoms with Crippen LogP contribution < -0.4 is 10.1 Å². The van der Waals surface area contributed by atoms with Crippen molar-refractivity contribution in [3.63, 3.8) is 0 Å². The highest BCUT2D eigenvalue weighted by Crippen LogP contribution is 2.22. The number of nitrogens with one attached hydrogen (secondary N) is 1. The largest absolute Gasteiger partial charge is 0.494 e. The standard InChI is InChI=1S/C16H19ClN2O2S/c1-3-21-13-6-4-12(5-7-13)18-16(20)11-19(2)10-14-8-9-15(17)22-14/h4-9H,3,10-11H2,1-2H3,(H,18,20). The predicted molar refractivity (Wildman–Crippen MR) is 91.9 cm³/mol. The molecule has 2 aromatic rings. The maximum Gasteiger partial charge on any atom is 0.238 e. The Morgan fingerprint density at radius 1 is 1.27 bits per heavy atom. The van der Waals surface area contributed by atoms with E-state index in [0.717, 1.165) is 20.7 Å². The van der Waals surface area contributed by atoms with E-state index < -0.39 is 0 Å². The van der Waals surface area contributed by atoms with Crippen LogP contribution in [0.15, 0.2) is 36.4 Å². The van der Waals surface area contributed by atoms with E-state index in [1.165, 1.54) is 11.3 Å². The molecule has 0 fully saturated rings. The minimum atomic E-state index is -0.0469. The van der Waals surface area contributed by atoms with E-state index in [1.807, 2.05) is 55.3 Å². The van der Waals surface area contributed by atoms with Crippen molar-refractivity contribution in [2.45, 2.75) is 13.5 Å². The SMILES string of the molecule is CCOc1ccc(NC(=O)CN(C)Cc2ccc(Cl)s2)cc1. The van der Waals surface area contributed by atoms with Crippen LogP contribution in [-0.2, 0) is 11.3 Å². The minimum absolute atomic E-state index is 0.0469. The number of thiophene rings is 1. The van der Waals surface area contributed by atoms with Crippen LogP contribution in [0, 0.1) is 0 Å². The van der Waals surface area contributed by atoms with Gasteiger partial charge in [-0.2, -0.15) is 0 Å². The molecule has 4 nitrogen and oxygen atoms in total. The number of amides is 1. The molecular formula is C16H19ClN2O2S. The first-order valence-corrected chi connectivity index (χ1v) is 8.21. The van der Waals surface area contributed by atoms with Gasteiger partial charge in [0.1, 0.15) is 5.75 Å². The van der Waals surface area contributed by atoms with E-state index in [9.17, 15) is 4.79 Å². The Balaban J connectivity index is 1.81. The zero-order valence-electron chi connectivity index (χ0n) is 12.6. The number of carbonyl (C=O) groups is 1. The first-order chi connectivity index (χ1) is 10.6. The molecule has 0 bridgehead atoms. The molecule has 0 unspecified atom stereocenters. The molecule has 118 valence electrons. The van der Waals surface area contributed by atoms with Crippen LogP contribution in [0.5, 0.6) is 5.75 Å². The molecule has 1 aromatic carbocycles. The van der Waals surface area contributed by atoms with Crippen LogP contribution in [0.3, 0.4) is 0 Å². The Labute approximate surface area is 139 Å². The Kier molecular flexibility index (Phi) is 6.24. The molecule has 0 radical (unpaired) electrons. The lowest BCUT2D eigenvalue weighted by molar-refractivity contribution is -0.117. The number of hydrogen-bond acceptors (Lipinski definition) is 4. The first-order valence-electron chi connectivity index (χ1n) is 7.02. The molecular weight excluding hydrogens is 320 g/mol. The van der Waals surface area contributed by atoms with E-state index in [-0.39, 0.29) is 5.91 Å². The van der Waals surface area contributed by atoms with Gasteiger partial charge in [-0.25, -0.2) is 0 Å². The lowest BCUT2D eigenvalue weighted by Crippen LogP contribution is -2.29. The topological polar surface area (TPSA) is 41.6 Å². The van der Waals surface area contributed by atoms with Crippen LogP contribution in [0.1, 0.15) is 11.8 Å². The van der Waals surface area contributed by atoms with E-state index in [0.29, 0.717) is 19.7 Å². The molecule has 1 amide bonds. The summed E-state index contributed by atoms with van der Waals surface area (Å²) < 4.78 is 6.13. The fourth-order valence-electron chi connectivity index (χ4n) is 2.01. The number of halogens is 1. The smallest absolute Gasteiger partial charge is 0.238 e. The van der Waals surface area contributed by atoms with E-state index in [2.05, 4.69) is 5.32 Å². The second-order valence-corrected chi connectivity index (χ2v) is 6.68. The highest BCUT2D eigenvalue weighted by Gasteiger charge is 2.09. The molecule has 22 heavy (non-hydrogen) atoms. The monoisotopic (exact) mass is 338 g/mol. The zero-order valence-corrected chi connectivity index (χ0v) is 14.2. The van der Waals surface area contributed by atoms with Gasteiger partial charge in [-0.1, -0.05) is 11.6 Å². The maximum absolute atomic E-state index is 12.0. The second kappa shape index (κ2) is 8.17. The normalized spacial score (nSPS) is 10.7. The number of anilines is 1. The van der Waals surface area contributed by atoms with Gasteiger partial charge in [-0.05, 0) is 50.4 Å². The molecule has 0 saturated heterocycles. The van der Waals surface area contributed by atoms with E-state index >= 15 is 0 Å². The zero-order chi connectivity index (χ0) is 15.9. The fourth-order valence-corrected chi connectivity index (χ4v) is 3.17. The summed E-state index contributed by atoms with van der Waals surface area (Å²) in [5, 5.41) is 2.87. The number of carbonyl (C=O) groups excluding carboxylic acids is 1. The Bertz CT molecular complexity index is 613. The molecule has 1 aromatic heterocycles. The fraction of sp³-hybridized carbons (Fsp3) is 0.312. The van der Waals surface area contributed by atoms with Crippen molar-refractivity contribution in [1.82, 2.24) is 4.90 Å². The molecule has 0 spiro atoms. The van der Waals surface area contributed by atoms with Crippen molar-refractivity contribution in [2.75, 3.05) is 25.5 Å². The molecule has 2 rings (SSSR count). The molecule has 6 heteroatoms. The summed E-state index contributed by atoms with van der Waals surface area (Å²) in [5.74, 6) is 0.751. The van der Waals surface area contributed by atoms with Gasteiger partial charge in [0.05, 0.1) is 17.5 Å². The van der Waals surface area contributed by atoms with Gasteiger partial charge in [0.15, 0.2) is 0 Å². The van der Waals surface area contributed by atoms with Crippen LogP contribution in [0.25, 0.3) is 0 Å². The maximum atomic E-state index is 12.0. The highest BCUT2D eigenvalue weighted by atomic mass is 35.5. The number of hydrogen-bond donors (Lipinski definition) is 1. The number of likely N-dealkylation sites (N-methyl/N-ethyl adjacent to an activating group) is 1. The molecule has 1 N–H and O–H groups in total. The summed E-state index contributed by atoms with van der Waals surface area (Å²) in [6.45, 7) is 3.59. The van der Waals surface area contributed by atoms with Crippen molar-refractivity contribution in [2.24, 2.45) is 0 Å². The second-order valence-electron chi connectivity index (χ2n) is 4.88. The van der Waals surface area contributed by atoms with Gasteiger partial charge < -0.3 is 10.1 Å². The van der Waals surface area contributed by atoms with Crippen LogP contribution in [0.4, 0.5) is 5.69 Å². The number of ether oxygens (including phenoxy) is 1. The van der Waals surface area contributed by atoms with Crippen molar-refractivity contribution < 1.29 is 9.53 Å². The van der Waals surface area contributed by atoms with Crippen LogP contribution in [0.2, 0.25) is 4.34 Å². The predicted octanol–water partition coefficient (Wildman–Crippen LogP) is 3.87. The van der Waals surface area contributed by atoms with E-state index in [1.54, 1.807) is 0 Å². The van der Waals surface area contributed by atoms with Crippen LogP contribution in [-0.4, -0.2) is 31.0 Å². The summed E-state index contributed by atoms with van der Waals surface area (Å²) in [5.41, 5.74) is 0.765. The lowest BCUT2D eigenvalue weighted by atomic mass is 10.3. The van der Waals surface area contributed by atoms with Crippen molar-refractivity contribution in [3.8, 4) is 5.75 Å². The summed E-state index contributed by atoms with van der Waals surface area (Å²) in [6, 6.07) is 11.2. The third-order valence-corrected chi connectivity index (χ3v) is 4.13. The summed E-state index contributed by atoms with van der Waals surface area (Å²) in [7, 11) is 1.91. The minimum Gasteiger partial charge on any atom is -0.494 e. The van der Waals surface area contributed by atoms with Gasteiger partial charge in [0.25, 0.3) is 0 Å². The third-order valence-electron chi connectivity index (χ3n) is 2.92. The molecule has 0 aliphatic rings. The average Bonchev–Trinajstić information content (AvgIpc) is 2.86. The van der Waals surface area contributed by atoms with Gasteiger partial charge in [0.2, 0.25) is 5.91 Å². The quantitative estimate of drug-likeness (QED) is 0.833. The lowest BCUT2D eigenvalue weighted by Gasteiger charge is -2.15. The van der Waals surface area contributed by atoms with Crippen molar-refractivity contribution in [1.29, 1.82) is 0 Å². The molecule has 0 aliphatic carbocycles. The Morgan fingerprint density at radius 2 is 2.00 bits per heavy atom. The highest BCUT2D eigenvalue weighted by molar-refractivity contribution is 7.16. The molecule has 0 saturated carbocycles. The van der Waals surface area contributed by atoms with Crippen molar-refractivity contribution in [3.05, 3.63) is 45.6 Å². The van der Waals surface area contributed by atoms with Gasteiger partial charge >= 0.3 is 0 Å². The summed E-state index contributed by atoms with van der Waals surface area (Å²) >= 11 is 7.43. The van der Waals surface area contributed by atoms with Gasteiger partial charge in [0, 0.05) is 17.1 Å². The molecule has 0 atom stereocenters. The van der Waals surface area contributed by atoms with Crippen molar-refractivity contribution >= 4 is 34.5 Å². The third kappa shape index (κ3) is 5.33. The molecule has 1 heterocycles. The van der Waals surface area contributed by atoms with Crippen LogP contribution >= 0.6 is 22.9 Å². The molecule has 0 aliphatic heterocycles. The Hall–Kier alpha value is -1.56. The Morgan fingerprint density at radius 3 is 2.59 bits per heavy atom. The number of rotatable bonds is 7. The van der Waals surface area contributed by atoms with Gasteiger partial charge in [-0.15, -0.1) is 11.3 Å². The summed E-state index contributed by atoms with van der Waals surface area (Å²) in [6.07, 6.45) is 0.